The summed E-state index contributed by atoms with van der Waals surface area (Å²) in [6, 6.07) is 2.75. The molecular formula is C15H17N5O3S. The van der Waals surface area contributed by atoms with E-state index in [-0.39, 0.29) is 22.3 Å². The third kappa shape index (κ3) is 3.47. The van der Waals surface area contributed by atoms with E-state index in [1.807, 2.05) is 13.8 Å². The first-order valence-corrected chi connectivity index (χ1v) is 7.66. The van der Waals surface area contributed by atoms with Gasteiger partial charge in [0, 0.05) is 30.2 Å². The van der Waals surface area contributed by atoms with Gasteiger partial charge in [-0.1, -0.05) is 6.92 Å². The van der Waals surface area contributed by atoms with Crippen molar-refractivity contribution < 1.29 is 14.4 Å². The Labute approximate surface area is 144 Å². The summed E-state index contributed by atoms with van der Waals surface area (Å²) in [4.78, 5) is 41.9. The molecule has 1 aliphatic rings. The molecule has 0 bridgehead atoms. The van der Waals surface area contributed by atoms with Gasteiger partial charge in [0.15, 0.2) is 5.11 Å². The van der Waals surface area contributed by atoms with Crippen LogP contribution in [0.5, 0.6) is 0 Å². The van der Waals surface area contributed by atoms with Crippen molar-refractivity contribution in [2.45, 2.75) is 26.3 Å². The van der Waals surface area contributed by atoms with Gasteiger partial charge in [0.2, 0.25) is 0 Å². The summed E-state index contributed by atoms with van der Waals surface area (Å²) in [6.45, 7) is 3.70. The number of carbonyl (C=O) groups excluding carboxylic acids is 3. The van der Waals surface area contributed by atoms with Crippen LogP contribution in [0.1, 0.15) is 30.6 Å². The van der Waals surface area contributed by atoms with E-state index in [0.717, 1.165) is 6.20 Å². The highest BCUT2D eigenvalue weighted by Crippen LogP contribution is 2.16. The number of nitrogens with zero attached hydrogens (tertiary/aromatic N) is 3. The third-order valence-corrected chi connectivity index (χ3v) is 3.89. The number of rotatable bonds is 4. The van der Waals surface area contributed by atoms with Gasteiger partial charge in [0.25, 0.3) is 17.7 Å². The first-order valence-electron chi connectivity index (χ1n) is 7.25. The van der Waals surface area contributed by atoms with E-state index in [2.05, 4.69) is 10.3 Å². The molecule has 9 heteroatoms. The molecule has 1 aliphatic heterocycles. The van der Waals surface area contributed by atoms with Crippen LogP contribution >= 0.6 is 12.2 Å². The number of aromatic nitrogens is 1. The van der Waals surface area contributed by atoms with Crippen molar-refractivity contribution in [1.82, 2.24) is 20.2 Å². The average molecular weight is 347 g/mol. The molecule has 8 nitrogen and oxygen atoms in total. The topological polar surface area (TPSA) is 109 Å². The van der Waals surface area contributed by atoms with Gasteiger partial charge in [-0.25, -0.2) is 5.84 Å². The van der Waals surface area contributed by atoms with E-state index in [9.17, 15) is 14.4 Å². The minimum absolute atomic E-state index is 0.0422. The minimum Gasteiger partial charge on any atom is -0.298 e. The Morgan fingerprint density at radius 3 is 2.67 bits per heavy atom. The second-order valence-corrected chi connectivity index (χ2v) is 5.57. The number of hydrogen-bond donors (Lipinski definition) is 2. The number of hydrazine groups is 1. The van der Waals surface area contributed by atoms with E-state index in [1.54, 1.807) is 0 Å². The van der Waals surface area contributed by atoms with Gasteiger partial charge in [0.1, 0.15) is 5.57 Å². The molecule has 126 valence electrons. The Morgan fingerprint density at radius 2 is 2.08 bits per heavy atom. The maximum Gasteiger partial charge on any atom is 0.272 e. The maximum absolute atomic E-state index is 12.5. The van der Waals surface area contributed by atoms with Crippen molar-refractivity contribution in [3.63, 3.8) is 0 Å². The summed E-state index contributed by atoms with van der Waals surface area (Å²) in [7, 11) is 0. The Bertz CT molecular complexity index is 719. The lowest BCUT2D eigenvalue weighted by molar-refractivity contribution is -0.130. The number of hydrogen-bond acceptors (Lipinski definition) is 6. The fourth-order valence-corrected chi connectivity index (χ4v) is 2.44. The molecule has 24 heavy (non-hydrogen) atoms. The van der Waals surface area contributed by atoms with E-state index >= 15 is 0 Å². The van der Waals surface area contributed by atoms with Crippen molar-refractivity contribution in [1.29, 1.82) is 0 Å². The average Bonchev–Trinajstić information content (AvgIpc) is 2.58. The van der Waals surface area contributed by atoms with E-state index in [1.165, 1.54) is 29.4 Å². The molecule has 1 unspecified atom stereocenters. The van der Waals surface area contributed by atoms with Gasteiger partial charge in [0.05, 0.1) is 0 Å². The molecule has 3 N–H and O–H groups in total. The molecule has 2 heterocycles. The predicted octanol–water partition coefficient (Wildman–Crippen LogP) is 0.323. The lowest BCUT2D eigenvalue weighted by atomic mass is 10.1. The van der Waals surface area contributed by atoms with Crippen LogP contribution in [0, 0.1) is 0 Å². The number of pyridine rings is 1. The molecule has 0 aliphatic carbocycles. The summed E-state index contributed by atoms with van der Waals surface area (Å²) in [5.74, 6) is 3.84. The highest BCUT2D eigenvalue weighted by molar-refractivity contribution is 7.80. The highest BCUT2D eigenvalue weighted by Gasteiger charge is 2.36. The van der Waals surface area contributed by atoms with Crippen LogP contribution in [-0.4, -0.2) is 43.8 Å². The van der Waals surface area contributed by atoms with Crippen molar-refractivity contribution in [3.05, 3.63) is 41.9 Å². The first-order chi connectivity index (χ1) is 11.4. The van der Waals surface area contributed by atoms with Crippen molar-refractivity contribution >= 4 is 35.1 Å². The summed E-state index contributed by atoms with van der Waals surface area (Å²) >= 11 is 5.05. The van der Waals surface area contributed by atoms with E-state index < -0.39 is 17.7 Å². The number of thiocarbonyl (C=S) groups is 1. The minimum atomic E-state index is -0.692. The highest BCUT2D eigenvalue weighted by atomic mass is 32.1. The van der Waals surface area contributed by atoms with Gasteiger partial charge < -0.3 is 0 Å². The molecule has 0 saturated carbocycles. The molecule has 0 aromatic carbocycles. The van der Waals surface area contributed by atoms with Crippen LogP contribution < -0.4 is 11.2 Å². The third-order valence-electron chi connectivity index (χ3n) is 3.59. The van der Waals surface area contributed by atoms with Crippen LogP contribution in [0.3, 0.4) is 0 Å². The van der Waals surface area contributed by atoms with E-state index in [0.29, 0.717) is 11.4 Å². The molecule has 0 radical (unpaired) electrons. The Morgan fingerprint density at radius 1 is 1.46 bits per heavy atom. The number of nitrogens with two attached hydrogens (primary N) is 1. The fraction of sp³-hybridized carbons (Fsp3) is 0.267. The monoisotopic (exact) mass is 347 g/mol. The standard InChI is InChI=1S/C15H17N5O3S/c1-3-9(2)20-14(23)11(12(21)18-15(20)24)8-19(16)13(22)10-4-6-17-7-5-10/h4-9H,3,16H2,1-2H3,(H,18,21,24)/b11-8+. The molecular weight excluding hydrogens is 330 g/mol. The lowest BCUT2D eigenvalue weighted by Gasteiger charge is -2.33. The molecule has 3 amide bonds. The maximum atomic E-state index is 12.5. The first kappa shape index (κ1) is 17.7. The summed E-state index contributed by atoms with van der Waals surface area (Å²) in [5, 5.41) is 3.18. The Balaban J connectivity index is 2.29. The molecule has 1 aromatic rings. The fourth-order valence-electron chi connectivity index (χ4n) is 2.08. The van der Waals surface area contributed by atoms with Crippen LogP contribution in [0.2, 0.25) is 0 Å². The zero-order valence-electron chi connectivity index (χ0n) is 13.2. The number of nitrogens with one attached hydrogen (secondary N) is 1. The molecule has 2 rings (SSSR count). The van der Waals surface area contributed by atoms with Crippen LogP contribution in [-0.2, 0) is 9.59 Å². The van der Waals surface area contributed by atoms with Crippen molar-refractivity contribution in [2.24, 2.45) is 5.84 Å². The lowest BCUT2D eigenvalue weighted by Crippen LogP contribution is -2.57. The predicted molar refractivity (Wildman–Crippen MR) is 90.0 cm³/mol. The van der Waals surface area contributed by atoms with Crippen molar-refractivity contribution in [3.8, 4) is 0 Å². The smallest absolute Gasteiger partial charge is 0.272 e. The SMILES string of the molecule is CCC(C)N1C(=O)/C(=C/N(N)C(=O)c2ccncc2)C(=O)NC1=S. The molecule has 1 aromatic heterocycles. The normalized spacial score (nSPS) is 17.7. The van der Waals surface area contributed by atoms with Gasteiger partial charge in [-0.3, -0.25) is 34.6 Å². The second kappa shape index (κ2) is 7.28. The Kier molecular flexibility index (Phi) is 5.37. The molecule has 1 saturated heterocycles. The quantitative estimate of drug-likeness (QED) is 0.203. The van der Waals surface area contributed by atoms with Crippen LogP contribution in [0.4, 0.5) is 0 Å². The van der Waals surface area contributed by atoms with Crippen molar-refractivity contribution in [2.75, 3.05) is 0 Å². The number of carbonyl (C=O) groups is 3. The molecule has 0 spiro atoms. The molecule has 1 atom stereocenters. The zero-order valence-corrected chi connectivity index (χ0v) is 14.0. The number of amides is 3. The van der Waals surface area contributed by atoms with E-state index in [4.69, 9.17) is 18.1 Å². The van der Waals surface area contributed by atoms with Gasteiger partial charge in [-0.15, -0.1) is 0 Å². The second-order valence-electron chi connectivity index (χ2n) is 5.18. The summed E-state index contributed by atoms with van der Waals surface area (Å²) in [6.07, 6.45) is 4.54. The zero-order chi connectivity index (χ0) is 17.9. The van der Waals surface area contributed by atoms with Crippen LogP contribution in [0.15, 0.2) is 36.3 Å². The molecule has 1 fully saturated rings. The summed E-state index contributed by atoms with van der Waals surface area (Å²) in [5.41, 5.74) is 0.0242. The largest absolute Gasteiger partial charge is 0.298 e. The van der Waals surface area contributed by atoms with Crippen LogP contribution in [0.25, 0.3) is 0 Å². The Hall–Kier alpha value is -2.65. The van der Waals surface area contributed by atoms with Gasteiger partial charge >= 0.3 is 0 Å². The van der Waals surface area contributed by atoms with Gasteiger partial charge in [-0.2, -0.15) is 0 Å². The summed E-state index contributed by atoms with van der Waals surface area (Å²) < 4.78 is 0. The van der Waals surface area contributed by atoms with Gasteiger partial charge in [-0.05, 0) is 37.7 Å².